The Balaban J connectivity index is 2.08. The zero-order chi connectivity index (χ0) is 13.0. The van der Waals surface area contributed by atoms with Gasteiger partial charge in [0.2, 0.25) is 0 Å². The molecule has 1 aromatic rings. The monoisotopic (exact) mass is 239 g/mol. The Kier molecular flexibility index (Phi) is 4.16. The molecule has 0 radical (unpaired) electrons. The minimum absolute atomic E-state index is 0.0656. The second-order valence-corrected chi connectivity index (χ2v) is 4.98. The summed E-state index contributed by atoms with van der Waals surface area (Å²) in [6.07, 6.45) is 9.73. The van der Waals surface area contributed by atoms with E-state index in [1.165, 1.54) is 16.7 Å². The van der Waals surface area contributed by atoms with Crippen LogP contribution in [0.15, 0.2) is 54.6 Å². The van der Waals surface area contributed by atoms with Crippen molar-refractivity contribution in [2.24, 2.45) is 5.73 Å². The maximum absolute atomic E-state index is 5.81. The van der Waals surface area contributed by atoms with Crippen molar-refractivity contribution in [3.63, 3.8) is 0 Å². The normalized spacial score (nSPS) is 16.2. The molecule has 1 heteroatoms. The number of allylic oxidation sites excluding steroid dienone is 4. The van der Waals surface area contributed by atoms with Crippen molar-refractivity contribution in [2.45, 2.75) is 32.2 Å². The average Bonchev–Trinajstić information content (AvgIpc) is 2.40. The highest BCUT2D eigenvalue weighted by molar-refractivity contribution is 5.68. The molecule has 1 unspecified atom stereocenters. The Morgan fingerprint density at radius 1 is 1.33 bits per heavy atom. The molecule has 94 valence electrons. The van der Waals surface area contributed by atoms with Crippen molar-refractivity contribution in [3.8, 4) is 0 Å². The van der Waals surface area contributed by atoms with Crippen LogP contribution in [0.25, 0.3) is 5.57 Å². The van der Waals surface area contributed by atoms with Gasteiger partial charge >= 0.3 is 0 Å². The third-order valence-corrected chi connectivity index (χ3v) is 3.41. The minimum Gasteiger partial charge on any atom is -0.324 e. The van der Waals surface area contributed by atoms with E-state index in [0.717, 1.165) is 24.8 Å². The zero-order valence-electron chi connectivity index (χ0n) is 11.0. The van der Waals surface area contributed by atoms with Crippen LogP contribution < -0.4 is 5.73 Å². The molecule has 0 spiro atoms. The van der Waals surface area contributed by atoms with Crippen LogP contribution in [0.1, 0.15) is 30.9 Å². The van der Waals surface area contributed by atoms with Crippen molar-refractivity contribution in [1.29, 1.82) is 0 Å². The minimum atomic E-state index is 0.0656. The van der Waals surface area contributed by atoms with Gasteiger partial charge in [0.1, 0.15) is 0 Å². The van der Waals surface area contributed by atoms with E-state index in [0.29, 0.717) is 0 Å². The summed E-state index contributed by atoms with van der Waals surface area (Å²) in [5.74, 6) is 0. The van der Waals surface area contributed by atoms with Gasteiger partial charge in [0.25, 0.3) is 0 Å². The predicted molar refractivity (Wildman–Crippen MR) is 79.3 cm³/mol. The van der Waals surface area contributed by atoms with E-state index in [1.807, 2.05) is 6.92 Å². The summed E-state index contributed by atoms with van der Waals surface area (Å²) in [5.41, 5.74) is 10.9. The first kappa shape index (κ1) is 12.8. The van der Waals surface area contributed by atoms with Gasteiger partial charge in [-0.2, -0.15) is 0 Å². The molecule has 2 N–H and O–H groups in total. The zero-order valence-corrected chi connectivity index (χ0v) is 11.0. The first-order valence-electron chi connectivity index (χ1n) is 6.55. The summed E-state index contributed by atoms with van der Waals surface area (Å²) in [6.45, 7) is 6.00. The van der Waals surface area contributed by atoms with Gasteiger partial charge in [0, 0.05) is 6.04 Å². The molecule has 0 saturated heterocycles. The predicted octanol–water partition coefficient (Wildman–Crippen LogP) is 3.87. The first-order chi connectivity index (χ1) is 8.66. The molecular weight excluding hydrogens is 218 g/mol. The number of nitrogens with two attached hydrogens (primary N) is 1. The Morgan fingerprint density at radius 3 is 2.61 bits per heavy atom. The number of hydrogen-bond acceptors (Lipinski definition) is 1. The largest absolute Gasteiger partial charge is 0.324 e. The molecule has 0 fully saturated rings. The maximum atomic E-state index is 5.81. The molecule has 1 nitrogen and oxygen atoms in total. The molecular formula is C17H21N. The van der Waals surface area contributed by atoms with E-state index in [9.17, 15) is 0 Å². The standard InChI is InChI=1S/C17H21N/c1-13(14(2)18)12-15-8-10-17(11-9-15)16-6-4-3-5-7-16/h3-4,6,8-11,14H,1,5,7,12,18H2,2H3. The van der Waals surface area contributed by atoms with Crippen molar-refractivity contribution < 1.29 is 0 Å². The molecule has 2 rings (SSSR count). The fourth-order valence-electron chi connectivity index (χ4n) is 2.10. The second kappa shape index (κ2) is 5.83. The van der Waals surface area contributed by atoms with Gasteiger partial charge in [0.15, 0.2) is 0 Å². The maximum Gasteiger partial charge on any atom is 0.0225 e. The van der Waals surface area contributed by atoms with Crippen LogP contribution in [0, 0.1) is 0 Å². The van der Waals surface area contributed by atoms with Crippen molar-refractivity contribution >= 4 is 5.57 Å². The van der Waals surface area contributed by atoms with E-state index in [4.69, 9.17) is 5.73 Å². The lowest BCUT2D eigenvalue weighted by Crippen LogP contribution is -2.18. The summed E-state index contributed by atoms with van der Waals surface area (Å²) in [6, 6.07) is 8.84. The third-order valence-electron chi connectivity index (χ3n) is 3.41. The molecule has 18 heavy (non-hydrogen) atoms. The van der Waals surface area contributed by atoms with E-state index >= 15 is 0 Å². The molecule has 0 heterocycles. The highest BCUT2D eigenvalue weighted by Gasteiger charge is 2.05. The molecule has 0 aliphatic heterocycles. The SMILES string of the molecule is C=C(Cc1ccc(C2=CC=CCC2)cc1)C(C)N. The van der Waals surface area contributed by atoms with Gasteiger partial charge in [0.05, 0.1) is 0 Å². The lowest BCUT2D eigenvalue weighted by Gasteiger charge is -2.12. The summed E-state index contributed by atoms with van der Waals surface area (Å²) in [7, 11) is 0. The highest BCUT2D eigenvalue weighted by Crippen LogP contribution is 2.24. The lowest BCUT2D eigenvalue weighted by molar-refractivity contribution is 0.830. The fourth-order valence-corrected chi connectivity index (χ4v) is 2.10. The van der Waals surface area contributed by atoms with Crippen LogP contribution in [0.2, 0.25) is 0 Å². The van der Waals surface area contributed by atoms with Crippen LogP contribution in [-0.2, 0) is 6.42 Å². The second-order valence-electron chi connectivity index (χ2n) is 4.98. The summed E-state index contributed by atoms with van der Waals surface area (Å²) < 4.78 is 0. The van der Waals surface area contributed by atoms with Gasteiger partial charge in [-0.3, -0.25) is 0 Å². The van der Waals surface area contributed by atoms with Crippen molar-refractivity contribution in [1.82, 2.24) is 0 Å². The molecule has 1 atom stereocenters. The lowest BCUT2D eigenvalue weighted by atomic mass is 9.95. The van der Waals surface area contributed by atoms with E-state index in [2.05, 4.69) is 49.1 Å². The number of hydrogen-bond donors (Lipinski definition) is 1. The number of rotatable bonds is 4. The van der Waals surface area contributed by atoms with Crippen LogP contribution in [0.3, 0.4) is 0 Å². The smallest absolute Gasteiger partial charge is 0.0225 e. The van der Waals surface area contributed by atoms with Crippen LogP contribution in [0.5, 0.6) is 0 Å². The van der Waals surface area contributed by atoms with E-state index < -0.39 is 0 Å². The molecule has 0 amide bonds. The topological polar surface area (TPSA) is 26.0 Å². The third kappa shape index (κ3) is 3.21. The fraction of sp³-hybridized carbons (Fsp3) is 0.294. The van der Waals surface area contributed by atoms with Gasteiger partial charge in [-0.25, -0.2) is 0 Å². The van der Waals surface area contributed by atoms with Gasteiger partial charge in [-0.1, -0.05) is 54.6 Å². The first-order valence-corrected chi connectivity index (χ1v) is 6.55. The van der Waals surface area contributed by atoms with Gasteiger partial charge in [-0.05, 0) is 42.9 Å². The van der Waals surface area contributed by atoms with E-state index in [1.54, 1.807) is 0 Å². The van der Waals surface area contributed by atoms with Gasteiger partial charge in [-0.15, -0.1) is 0 Å². The molecule has 0 bridgehead atoms. The Morgan fingerprint density at radius 2 is 2.06 bits per heavy atom. The van der Waals surface area contributed by atoms with Crippen LogP contribution in [-0.4, -0.2) is 6.04 Å². The van der Waals surface area contributed by atoms with Gasteiger partial charge < -0.3 is 5.73 Å². The van der Waals surface area contributed by atoms with E-state index in [-0.39, 0.29) is 6.04 Å². The quantitative estimate of drug-likeness (QED) is 0.793. The molecule has 0 saturated carbocycles. The number of benzene rings is 1. The molecule has 1 aromatic carbocycles. The Bertz CT molecular complexity index is 475. The summed E-state index contributed by atoms with van der Waals surface area (Å²) >= 11 is 0. The van der Waals surface area contributed by atoms with Crippen LogP contribution >= 0.6 is 0 Å². The Hall–Kier alpha value is -1.60. The van der Waals surface area contributed by atoms with Crippen molar-refractivity contribution in [3.05, 3.63) is 65.8 Å². The highest BCUT2D eigenvalue weighted by atomic mass is 14.6. The van der Waals surface area contributed by atoms with Crippen molar-refractivity contribution in [2.75, 3.05) is 0 Å². The summed E-state index contributed by atoms with van der Waals surface area (Å²) in [4.78, 5) is 0. The Labute approximate surface area is 110 Å². The molecule has 0 aromatic heterocycles. The van der Waals surface area contributed by atoms with Crippen LogP contribution in [0.4, 0.5) is 0 Å². The summed E-state index contributed by atoms with van der Waals surface area (Å²) in [5, 5.41) is 0. The molecule has 1 aliphatic rings. The molecule has 1 aliphatic carbocycles. The average molecular weight is 239 g/mol.